The Kier molecular flexibility index (Phi) is 7.11. The van der Waals surface area contributed by atoms with Crippen molar-refractivity contribution in [1.29, 1.82) is 0 Å². The van der Waals surface area contributed by atoms with Crippen LogP contribution in [0.25, 0.3) is 0 Å². The Morgan fingerprint density at radius 2 is 0.629 bits per heavy atom. The molecule has 0 aliphatic rings. The van der Waals surface area contributed by atoms with Crippen LogP contribution in [0.5, 0.6) is 0 Å². The summed E-state index contributed by atoms with van der Waals surface area (Å²) in [7, 11) is 0. The van der Waals surface area contributed by atoms with Crippen LogP contribution in [0.2, 0.25) is 0 Å². The molecule has 0 fully saturated rings. The van der Waals surface area contributed by atoms with E-state index in [1.807, 2.05) is 0 Å². The van der Waals surface area contributed by atoms with Crippen molar-refractivity contribution in [3.8, 4) is 0 Å². The average Bonchev–Trinajstić information content (AvgIpc) is 2.65. The van der Waals surface area contributed by atoms with Gasteiger partial charge < -0.3 is 0 Å². The van der Waals surface area contributed by atoms with Crippen molar-refractivity contribution in [3.05, 3.63) is 35.4 Å². The lowest BCUT2D eigenvalue weighted by molar-refractivity contribution is -0.441. The summed E-state index contributed by atoms with van der Waals surface area (Å²) < 4.78 is 228. The van der Waals surface area contributed by atoms with Crippen LogP contribution in [-0.2, 0) is 11.8 Å². The van der Waals surface area contributed by atoms with E-state index in [4.69, 9.17) is 0 Å². The minimum absolute atomic E-state index is 0.389. The number of rotatable bonds is 7. The number of halogens is 17. The minimum atomic E-state index is -8.13. The first-order valence-electron chi connectivity index (χ1n) is 8.78. The van der Waals surface area contributed by atoms with Crippen LogP contribution in [0.3, 0.4) is 0 Å². The second-order valence-corrected chi connectivity index (χ2v) is 8.35. The number of alkyl halides is 17. The third kappa shape index (κ3) is 4.19. The predicted octanol–water partition coefficient (Wildman–Crippen LogP) is 8.66. The fourth-order valence-electron chi connectivity index (χ4n) is 2.49. The summed E-state index contributed by atoms with van der Waals surface area (Å²) in [5.41, 5.74) is -6.88. The normalized spacial score (nSPS) is 16.0. The summed E-state index contributed by atoms with van der Waals surface area (Å²) in [6.07, 6.45) is -7.59. The molecular weight excluding hydrogens is 539 g/mol. The van der Waals surface area contributed by atoms with Crippen molar-refractivity contribution >= 4 is 0 Å². The molecule has 0 atom stereocenters. The van der Waals surface area contributed by atoms with Gasteiger partial charge in [-0.25, -0.2) is 0 Å². The molecule has 35 heavy (non-hydrogen) atoms. The highest BCUT2D eigenvalue weighted by atomic mass is 19.4. The molecule has 0 N–H and O–H groups in total. The van der Waals surface area contributed by atoms with Gasteiger partial charge in [0, 0.05) is 16.5 Å². The average molecular weight is 552 g/mol. The molecule has 0 unspecified atom stereocenters. The summed E-state index contributed by atoms with van der Waals surface area (Å²) in [6.45, 7) is 1.88. The van der Waals surface area contributed by atoms with Gasteiger partial charge in [-0.3, -0.25) is 0 Å². The van der Waals surface area contributed by atoms with Crippen LogP contribution < -0.4 is 0 Å². The van der Waals surface area contributed by atoms with Gasteiger partial charge in [-0.2, -0.15) is 74.6 Å². The highest BCUT2D eigenvalue weighted by Gasteiger charge is 2.90. The maximum Gasteiger partial charge on any atom is 0.460 e. The molecule has 0 aliphatic heterocycles. The SMILES string of the molecule is CC(C)(C)C(F)(F)C(F)(F)c1ccc(C(F)(F)C(F)(F)C(F)(F)C(F)(F)C(F)(F)C(F)(F)F)cc1. The van der Waals surface area contributed by atoms with Crippen LogP contribution >= 0.6 is 0 Å². The molecule has 0 saturated heterocycles. The first-order valence-corrected chi connectivity index (χ1v) is 8.78. The lowest BCUT2D eigenvalue weighted by Gasteiger charge is -2.40. The van der Waals surface area contributed by atoms with Crippen LogP contribution in [0.4, 0.5) is 74.6 Å². The van der Waals surface area contributed by atoms with Crippen molar-refractivity contribution in [1.82, 2.24) is 0 Å². The lowest BCUT2D eigenvalue weighted by Crippen LogP contribution is -2.69. The van der Waals surface area contributed by atoms with E-state index in [1.165, 1.54) is 0 Å². The quantitative estimate of drug-likeness (QED) is 0.297. The maximum absolute atomic E-state index is 14.2. The molecule has 0 heterocycles. The van der Waals surface area contributed by atoms with E-state index >= 15 is 0 Å². The molecule has 0 amide bonds. The van der Waals surface area contributed by atoms with Crippen molar-refractivity contribution in [2.75, 3.05) is 0 Å². The van der Waals surface area contributed by atoms with Crippen molar-refractivity contribution in [3.63, 3.8) is 0 Å². The van der Waals surface area contributed by atoms with Gasteiger partial charge in [0.05, 0.1) is 0 Å². The Morgan fingerprint density at radius 3 is 0.886 bits per heavy atom. The van der Waals surface area contributed by atoms with Crippen LogP contribution in [0, 0.1) is 5.41 Å². The van der Waals surface area contributed by atoms with Crippen molar-refractivity contribution in [2.45, 2.75) is 68.4 Å². The van der Waals surface area contributed by atoms with E-state index in [9.17, 15) is 74.6 Å². The summed E-state index contributed by atoms with van der Waals surface area (Å²) >= 11 is 0. The van der Waals surface area contributed by atoms with E-state index in [-0.39, 0.29) is 12.1 Å². The Bertz CT molecular complexity index is 900. The number of hydrogen-bond donors (Lipinski definition) is 0. The molecule has 1 aromatic rings. The zero-order valence-electron chi connectivity index (χ0n) is 17.2. The first-order chi connectivity index (χ1) is 15.0. The third-order valence-corrected chi connectivity index (χ3v) is 4.88. The molecule has 1 rings (SSSR count). The van der Waals surface area contributed by atoms with Gasteiger partial charge in [0.15, 0.2) is 0 Å². The van der Waals surface area contributed by atoms with E-state index in [1.54, 1.807) is 0 Å². The molecule has 0 nitrogen and oxygen atoms in total. The smallest absolute Gasteiger partial charge is 0.199 e. The van der Waals surface area contributed by atoms with Gasteiger partial charge in [0.1, 0.15) is 0 Å². The Labute approximate surface area is 185 Å². The third-order valence-electron chi connectivity index (χ3n) is 4.88. The zero-order valence-corrected chi connectivity index (χ0v) is 17.2. The molecule has 1 aromatic carbocycles. The summed E-state index contributed by atoms with van der Waals surface area (Å²) in [4.78, 5) is 0. The predicted molar refractivity (Wildman–Crippen MR) is 84.5 cm³/mol. The van der Waals surface area contributed by atoms with E-state index in [2.05, 4.69) is 0 Å². The van der Waals surface area contributed by atoms with Gasteiger partial charge in [0.25, 0.3) is 0 Å². The highest BCUT2D eigenvalue weighted by molar-refractivity contribution is 5.32. The van der Waals surface area contributed by atoms with Crippen LogP contribution in [-0.4, -0.2) is 35.8 Å². The van der Waals surface area contributed by atoms with Gasteiger partial charge in [-0.05, 0) is 0 Å². The molecule has 17 heteroatoms. The molecule has 0 spiro atoms. The maximum atomic E-state index is 14.2. The van der Waals surface area contributed by atoms with Gasteiger partial charge in [0.2, 0.25) is 0 Å². The summed E-state index contributed by atoms with van der Waals surface area (Å²) in [6, 6.07) is -1.99. The summed E-state index contributed by atoms with van der Waals surface area (Å²) in [5.74, 6) is -48.6. The minimum Gasteiger partial charge on any atom is -0.199 e. The zero-order chi connectivity index (χ0) is 28.5. The summed E-state index contributed by atoms with van der Waals surface area (Å²) in [5, 5.41) is 0. The highest BCUT2D eigenvalue weighted by Crippen LogP contribution is 2.62. The fourth-order valence-corrected chi connectivity index (χ4v) is 2.49. The van der Waals surface area contributed by atoms with E-state index in [0.717, 1.165) is 0 Å². The molecule has 0 aliphatic carbocycles. The molecule has 0 saturated carbocycles. The Morgan fingerprint density at radius 1 is 0.371 bits per heavy atom. The topological polar surface area (TPSA) is 0 Å². The molecule has 0 radical (unpaired) electrons. The van der Waals surface area contributed by atoms with Crippen molar-refractivity contribution < 1.29 is 74.6 Å². The van der Waals surface area contributed by atoms with E-state index in [0.29, 0.717) is 20.8 Å². The Balaban J connectivity index is 3.59. The first kappa shape index (κ1) is 31.1. The second kappa shape index (κ2) is 8.02. The standard InChI is InChI=1S/C18H13F17/c1-10(2,3)13(23,24)11(19,20)8-4-6-9(7-5-8)12(21,22)14(25,26)15(27,28)16(29,30)17(31,32)18(33,34)35/h4-7H,1-3H3. The van der Waals surface area contributed by atoms with Crippen LogP contribution in [0.15, 0.2) is 24.3 Å². The lowest BCUT2D eigenvalue weighted by atomic mass is 9.81. The Hall–Kier alpha value is -1.97. The second-order valence-electron chi connectivity index (χ2n) is 8.35. The molecular formula is C18H13F17. The van der Waals surface area contributed by atoms with E-state index < -0.39 is 76.3 Å². The molecule has 0 bridgehead atoms. The molecule has 0 aromatic heterocycles. The number of benzene rings is 1. The van der Waals surface area contributed by atoms with Crippen molar-refractivity contribution in [2.24, 2.45) is 5.41 Å². The fraction of sp³-hybridized carbons (Fsp3) is 0.667. The largest absolute Gasteiger partial charge is 0.460 e. The van der Waals surface area contributed by atoms with Gasteiger partial charge in [-0.15, -0.1) is 0 Å². The van der Waals surface area contributed by atoms with Gasteiger partial charge in [-0.1, -0.05) is 45.0 Å². The molecule has 204 valence electrons. The monoisotopic (exact) mass is 552 g/mol. The van der Waals surface area contributed by atoms with Gasteiger partial charge >= 0.3 is 47.6 Å². The number of hydrogen-bond acceptors (Lipinski definition) is 0. The van der Waals surface area contributed by atoms with Crippen LogP contribution in [0.1, 0.15) is 31.9 Å².